The number of anilines is 1. The quantitative estimate of drug-likeness (QED) is 0.810. The maximum Gasteiger partial charge on any atom is 0.319 e. The van der Waals surface area contributed by atoms with Crippen LogP contribution in [0.1, 0.15) is 24.5 Å². The van der Waals surface area contributed by atoms with Crippen LogP contribution in [0, 0.1) is 6.92 Å². The number of benzene rings is 2. The molecule has 2 aromatic rings. The summed E-state index contributed by atoms with van der Waals surface area (Å²) >= 11 is 0. The molecule has 0 aliphatic heterocycles. The predicted molar refractivity (Wildman–Crippen MR) is 100 cm³/mol. The maximum absolute atomic E-state index is 12.4. The van der Waals surface area contributed by atoms with Crippen molar-refractivity contribution >= 4 is 17.6 Å². The smallest absolute Gasteiger partial charge is 0.319 e. The molecule has 2 aromatic carbocycles. The molecule has 5 heteroatoms. The van der Waals surface area contributed by atoms with E-state index in [0.29, 0.717) is 18.8 Å². The molecule has 0 atom stereocenters. The Bertz CT molecular complexity index is 684. The third-order valence-electron chi connectivity index (χ3n) is 3.77. The van der Waals surface area contributed by atoms with Gasteiger partial charge in [0.2, 0.25) is 5.91 Å². The summed E-state index contributed by atoms with van der Waals surface area (Å²) in [6.07, 6.45) is 0.869. The predicted octanol–water partition coefficient (Wildman–Crippen LogP) is 3.56. The number of rotatable bonds is 7. The van der Waals surface area contributed by atoms with Crippen LogP contribution in [0.4, 0.5) is 10.5 Å². The summed E-state index contributed by atoms with van der Waals surface area (Å²) in [7, 11) is 0. The van der Waals surface area contributed by atoms with Gasteiger partial charge in [0.25, 0.3) is 0 Å². The Morgan fingerprint density at radius 3 is 2.32 bits per heavy atom. The van der Waals surface area contributed by atoms with Crippen molar-refractivity contribution in [1.29, 1.82) is 0 Å². The lowest BCUT2D eigenvalue weighted by molar-refractivity contribution is -0.130. The third kappa shape index (κ3) is 6.30. The molecule has 0 spiro atoms. The molecule has 2 N–H and O–H groups in total. The van der Waals surface area contributed by atoms with Crippen molar-refractivity contribution in [3.63, 3.8) is 0 Å². The number of amides is 3. The minimum absolute atomic E-state index is 0.0233. The largest absolute Gasteiger partial charge is 0.337 e. The number of nitrogens with zero attached hydrogens (tertiary/aromatic N) is 1. The van der Waals surface area contributed by atoms with Gasteiger partial charge in [0.05, 0.1) is 6.54 Å². The van der Waals surface area contributed by atoms with Crippen LogP contribution < -0.4 is 10.6 Å². The highest BCUT2D eigenvalue weighted by Gasteiger charge is 2.14. The van der Waals surface area contributed by atoms with Gasteiger partial charge in [-0.2, -0.15) is 0 Å². The van der Waals surface area contributed by atoms with E-state index >= 15 is 0 Å². The molecule has 2 rings (SSSR count). The second-order valence-electron chi connectivity index (χ2n) is 5.97. The molecule has 0 saturated carbocycles. The van der Waals surface area contributed by atoms with E-state index in [1.807, 2.05) is 56.3 Å². The summed E-state index contributed by atoms with van der Waals surface area (Å²) in [6.45, 7) is 5.26. The zero-order chi connectivity index (χ0) is 18.1. The average Bonchev–Trinajstić information content (AvgIpc) is 2.62. The van der Waals surface area contributed by atoms with Crippen molar-refractivity contribution in [1.82, 2.24) is 10.2 Å². The number of hydrogen-bond acceptors (Lipinski definition) is 2. The summed E-state index contributed by atoms with van der Waals surface area (Å²) in [5.41, 5.74) is 2.97. The van der Waals surface area contributed by atoms with Crippen molar-refractivity contribution in [2.45, 2.75) is 26.8 Å². The first-order valence-corrected chi connectivity index (χ1v) is 8.51. The zero-order valence-electron chi connectivity index (χ0n) is 14.8. The minimum atomic E-state index is -0.383. The fraction of sp³-hybridized carbons (Fsp3) is 0.300. The number of carbonyl (C=O) groups excluding carboxylic acids is 2. The van der Waals surface area contributed by atoms with Crippen LogP contribution >= 0.6 is 0 Å². The van der Waals surface area contributed by atoms with Crippen LogP contribution in [0.3, 0.4) is 0 Å². The number of aryl methyl sites for hydroxylation is 1. The molecule has 0 aliphatic rings. The van der Waals surface area contributed by atoms with Gasteiger partial charge in [-0.3, -0.25) is 4.79 Å². The van der Waals surface area contributed by atoms with Crippen LogP contribution in [0.2, 0.25) is 0 Å². The van der Waals surface area contributed by atoms with Gasteiger partial charge in [0.15, 0.2) is 0 Å². The SMILES string of the molecule is CCCN(Cc1ccc(C)cc1)C(=O)CNC(=O)Nc1ccccc1. The molecule has 0 bridgehead atoms. The van der Waals surface area contributed by atoms with Crippen LogP contribution in [-0.2, 0) is 11.3 Å². The number of para-hydroxylation sites is 1. The van der Waals surface area contributed by atoms with Gasteiger partial charge in [-0.05, 0) is 31.0 Å². The molecule has 25 heavy (non-hydrogen) atoms. The highest BCUT2D eigenvalue weighted by atomic mass is 16.2. The normalized spacial score (nSPS) is 10.2. The molecule has 0 unspecified atom stereocenters. The summed E-state index contributed by atoms with van der Waals surface area (Å²) in [6, 6.07) is 16.9. The molecule has 132 valence electrons. The van der Waals surface area contributed by atoms with Crippen LogP contribution in [0.15, 0.2) is 54.6 Å². The summed E-state index contributed by atoms with van der Waals surface area (Å²) in [5.74, 6) is -0.0920. The van der Waals surface area contributed by atoms with E-state index in [0.717, 1.165) is 12.0 Å². The van der Waals surface area contributed by atoms with Crippen LogP contribution in [0.25, 0.3) is 0 Å². The van der Waals surface area contributed by atoms with Gasteiger partial charge in [-0.1, -0.05) is 55.0 Å². The average molecular weight is 339 g/mol. The van der Waals surface area contributed by atoms with Gasteiger partial charge < -0.3 is 15.5 Å². The second-order valence-corrected chi connectivity index (χ2v) is 5.97. The molecule has 3 amide bonds. The van der Waals surface area contributed by atoms with Gasteiger partial charge in [0, 0.05) is 18.8 Å². The topological polar surface area (TPSA) is 61.4 Å². The number of nitrogens with one attached hydrogen (secondary N) is 2. The van der Waals surface area contributed by atoms with E-state index in [1.54, 1.807) is 17.0 Å². The van der Waals surface area contributed by atoms with Crippen molar-refractivity contribution in [2.75, 3.05) is 18.4 Å². The minimum Gasteiger partial charge on any atom is -0.337 e. The number of carbonyl (C=O) groups is 2. The van der Waals surface area contributed by atoms with Crippen molar-refractivity contribution in [2.24, 2.45) is 0 Å². The molecular formula is C20H25N3O2. The van der Waals surface area contributed by atoms with Gasteiger partial charge in [0.1, 0.15) is 0 Å². The molecule has 0 aliphatic carbocycles. The lowest BCUT2D eigenvalue weighted by atomic mass is 10.1. The number of hydrogen-bond donors (Lipinski definition) is 2. The molecule has 0 heterocycles. The summed E-state index contributed by atoms with van der Waals surface area (Å²) in [5, 5.41) is 5.33. The maximum atomic E-state index is 12.4. The Morgan fingerprint density at radius 1 is 1.00 bits per heavy atom. The van der Waals surface area contributed by atoms with Crippen LogP contribution in [-0.4, -0.2) is 29.9 Å². The lowest BCUT2D eigenvalue weighted by Crippen LogP contribution is -2.41. The Kier molecular flexibility index (Phi) is 7.01. The van der Waals surface area contributed by atoms with Gasteiger partial charge in [-0.15, -0.1) is 0 Å². The van der Waals surface area contributed by atoms with Gasteiger partial charge >= 0.3 is 6.03 Å². The molecular weight excluding hydrogens is 314 g/mol. The molecule has 0 aromatic heterocycles. The van der Waals surface area contributed by atoms with Crippen LogP contribution in [0.5, 0.6) is 0 Å². The Hall–Kier alpha value is -2.82. The Balaban J connectivity index is 1.86. The van der Waals surface area contributed by atoms with E-state index in [-0.39, 0.29) is 18.5 Å². The van der Waals surface area contributed by atoms with Gasteiger partial charge in [-0.25, -0.2) is 4.79 Å². The first-order valence-electron chi connectivity index (χ1n) is 8.51. The van der Waals surface area contributed by atoms with Crippen molar-refractivity contribution < 1.29 is 9.59 Å². The molecule has 0 saturated heterocycles. The van der Waals surface area contributed by atoms with E-state index in [1.165, 1.54) is 5.56 Å². The monoisotopic (exact) mass is 339 g/mol. The highest BCUT2D eigenvalue weighted by Crippen LogP contribution is 2.08. The van der Waals surface area contributed by atoms with E-state index in [4.69, 9.17) is 0 Å². The Labute approximate surface area is 149 Å². The number of urea groups is 1. The molecule has 5 nitrogen and oxygen atoms in total. The van der Waals surface area contributed by atoms with E-state index in [9.17, 15) is 9.59 Å². The molecule has 0 radical (unpaired) electrons. The molecule has 0 fully saturated rings. The first-order chi connectivity index (χ1) is 12.1. The first kappa shape index (κ1) is 18.5. The second kappa shape index (κ2) is 9.47. The highest BCUT2D eigenvalue weighted by molar-refractivity contribution is 5.92. The fourth-order valence-electron chi connectivity index (χ4n) is 2.44. The third-order valence-corrected chi connectivity index (χ3v) is 3.77. The lowest BCUT2D eigenvalue weighted by Gasteiger charge is -2.22. The fourth-order valence-corrected chi connectivity index (χ4v) is 2.44. The van der Waals surface area contributed by atoms with E-state index < -0.39 is 0 Å². The zero-order valence-corrected chi connectivity index (χ0v) is 14.8. The standard InChI is InChI=1S/C20H25N3O2/c1-3-13-23(15-17-11-9-16(2)10-12-17)19(24)14-21-20(25)22-18-7-5-4-6-8-18/h4-12H,3,13-15H2,1-2H3,(H2,21,22,25). The van der Waals surface area contributed by atoms with E-state index in [2.05, 4.69) is 10.6 Å². The summed E-state index contributed by atoms with van der Waals surface area (Å²) in [4.78, 5) is 26.1. The van der Waals surface area contributed by atoms with Crippen molar-refractivity contribution in [3.8, 4) is 0 Å². The Morgan fingerprint density at radius 2 is 1.68 bits per heavy atom. The van der Waals surface area contributed by atoms with Crippen molar-refractivity contribution in [3.05, 3.63) is 65.7 Å². The summed E-state index contributed by atoms with van der Waals surface area (Å²) < 4.78 is 0.